The van der Waals surface area contributed by atoms with E-state index in [2.05, 4.69) is 51.4 Å². The van der Waals surface area contributed by atoms with E-state index in [0.29, 0.717) is 12.3 Å². The van der Waals surface area contributed by atoms with E-state index in [1.54, 1.807) is 11.3 Å². The van der Waals surface area contributed by atoms with E-state index < -0.39 is 0 Å². The molecule has 5 nitrogen and oxygen atoms in total. The van der Waals surface area contributed by atoms with E-state index >= 15 is 0 Å². The molecule has 0 aliphatic carbocycles. The zero-order chi connectivity index (χ0) is 21.0. The van der Waals surface area contributed by atoms with Crippen LogP contribution in [0.5, 0.6) is 0 Å². The first-order chi connectivity index (χ1) is 15.3. The largest absolute Gasteiger partial charge is 0.395 e. The number of likely N-dealkylation sites (tertiary alicyclic amines) is 1. The quantitative estimate of drug-likeness (QED) is 0.563. The van der Waals surface area contributed by atoms with Crippen LogP contribution >= 0.6 is 11.3 Å². The molecule has 158 valence electrons. The summed E-state index contributed by atoms with van der Waals surface area (Å²) in [6.45, 7) is 2.85. The average molecular weight is 432 g/mol. The Labute approximate surface area is 186 Å². The van der Waals surface area contributed by atoms with Gasteiger partial charge in [-0.25, -0.2) is 4.98 Å². The Morgan fingerprint density at radius 1 is 1.03 bits per heavy atom. The van der Waals surface area contributed by atoms with E-state index in [4.69, 9.17) is 4.84 Å². The molecule has 0 unspecified atom stereocenters. The number of aromatic nitrogens is 1. The molecule has 1 aromatic heterocycles. The predicted octanol–water partition coefficient (Wildman–Crippen LogP) is 4.17. The topological polar surface area (TPSA) is 54.8 Å². The molecular weight excluding hydrogens is 406 g/mol. The summed E-state index contributed by atoms with van der Waals surface area (Å²) in [4.78, 5) is 26.0. The molecule has 0 amide bonds. The molecule has 2 aliphatic rings. The van der Waals surface area contributed by atoms with Gasteiger partial charge in [-0.3, -0.25) is 9.69 Å². The van der Waals surface area contributed by atoms with E-state index in [0.717, 1.165) is 31.1 Å². The van der Waals surface area contributed by atoms with Gasteiger partial charge < -0.3 is 4.84 Å². The third-order valence-electron chi connectivity index (χ3n) is 6.15. The van der Waals surface area contributed by atoms with Gasteiger partial charge in [0, 0.05) is 49.0 Å². The summed E-state index contributed by atoms with van der Waals surface area (Å²) in [6, 6.07) is 20.7. The minimum atomic E-state index is -0.145. The average Bonchev–Trinajstić information content (AvgIpc) is 3.56. The number of hydrogen-bond acceptors (Lipinski definition) is 6. The molecule has 0 bridgehead atoms. The lowest BCUT2D eigenvalue weighted by Gasteiger charge is -2.17. The monoisotopic (exact) mass is 431 g/mol. The molecule has 3 heterocycles. The Morgan fingerprint density at radius 2 is 1.77 bits per heavy atom. The van der Waals surface area contributed by atoms with Crippen LogP contribution in [-0.2, 0) is 22.6 Å². The molecule has 0 spiro atoms. The number of nitrogens with zero attached hydrogens (tertiary/aromatic N) is 3. The second kappa shape index (κ2) is 9.12. The minimum Gasteiger partial charge on any atom is -0.395 e. The van der Waals surface area contributed by atoms with Crippen molar-refractivity contribution in [2.24, 2.45) is 17.0 Å². The number of Topliss-reactive ketones (excluding diaryl/α,β-unsaturated/α-hetero) is 1. The van der Waals surface area contributed by atoms with E-state index in [1.165, 1.54) is 11.1 Å². The van der Waals surface area contributed by atoms with Gasteiger partial charge >= 0.3 is 0 Å². The molecular formula is C25H25N3O2S. The second-order valence-electron chi connectivity index (χ2n) is 8.29. The van der Waals surface area contributed by atoms with Gasteiger partial charge in [-0.2, -0.15) is 0 Å². The molecule has 2 aliphatic heterocycles. The lowest BCUT2D eigenvalue weighted by Crippen LogP contribution is -2.33. The molecule has 0 saturated carbocycles. The van der Waals surface area contributed by atoms with Crippen molar-refractivity contribution in [3.05, 3.63) is 88.4 Å². The van der Waals surface area contributed by atoms with Gasteiger partial charge in [-0.15, -0.1) is 11.3 Å². The summed E-state index contributed by atoms with van der Waals surface area (Å²) in [7, 11) is 0. The SMILES string of the molecule is O=C(C1=NOC[C@@H]1Cc1ccccc1)[C@H]1CN(Cc2ccccc2)C[C@@H]1c1nccs1. The normalized spacial score (nSPS) is 23.5. The molecule has 1 saturated heterocycles. The first kappa shape index (κ1) is 20.1. The van der Waals surface area contributed by atoms with Crippen molar-refractivity contribution in [1.29, 1.82) is 0 Å². The molecule has 5 rings (SSSR count). The van der Waals surface area contributed by atoms with Gasteiger partial charge in [-0.1, -0.05) is 65.8 Å². The van der Waals surface area contributed by atoms with E-state index in [-0.39, 0.29) is 23.5 Å². The van der Waals surface area contributed by atoms with Crippen molar-refractivity contribution in [2.75, 3.05) is 19.7 Å². The van der Waals surface area contributed by atoms with E-state index in [1.807, 2.05) is 35.8 Å². The molecule has 1 fully saturated rings. The first-order valence-corrected chi connectivity index (χ1v) is 11.6. The fourth-order valence-corrected chi connectivity index (χ4v) is 5.43. The summed E-state index contributed by atoms with van der Waals surface area (Å²) >= 11 is 1.63. The van der Waals surface area contributed by atoms with E-state index in [9.17, 15) is 4.79 Å². The van der Waals surface area contributed by atoms with Gasteiger partial charge in [0.1, 0.15) is 12.3 Å². The highest BCUT2D eigenvalue weighted by atomic mass is 32.1. The summed E-state index contributed by atoms with van der Waals surface area (Å²) < 4.78 is 0. The fraction of sp³-hybridized carbons (Fsp3) is 0.320. The lowest BCUT2D eigenvalue weighted by atomic mass is 9.84. The highest BCUT2D eigenvalue weighted by Crippen LogP contribution is 2.36. The predicted molar refractivity (Wildman–Crippen MR) is 122 cm³/mol. The van der Waals surface area contributed by atoms with Crippen LogP contribution in [0.15, 0.2) is 77.4 Å². The number of hydrogen-bond donors (Lipinski definition) is 0. The highest BCUT2D eigenvalue weighted by molar-refractivity contribution is 7.09. The Balaban J connectivity index is 1.35. The Morgan fingerprint density at radius 3 is 2.48 bits per heavy atom. The molecule has 0 radical (unpaired) electrons. The first-order valence-electron chi connectivity index (χ1n) is 10.7. The summed E-state index contributed by atoms with van der Waals surface area (Å²) in [5.74, 6) is 0.0784. The molecule has 3 aromatic rings. The smallest absolute Gasteiger partial charge is 0.185 e. The second-order valence-corrected chi connectivity index (χ2v) is 9.21. The number of benzene rings is 2. The summed E-state index contributed by atoms with van der Waals surface area (Å²) in [5.41, 5.74) is 3.06. The minimum absolute atomic E-state index is 0.00928. The molecule has 3 atom stereocenters. The van der Waals surface area contributed by atoms with Crippen molar-refractivity contribution in [1.82, 2.24) is 9.88 Å². The van der Waals surface area contributed by atoms with Gasteiger partial charge in [-0.05, 0) is 17.5 Å². The van der Waals surface area contributed by atoms with Gasteiger partial charge in [0.25, 0.3) is 0 Å². The number of carbonyl (C=O) groups excluding carboxylic acids is 1. The van der Waals surface area contributed by atoms with Crippen molar-refractivity contribution in [3.8, 4) is 0 Å². The standard InChI is InChI=1S/C25H25N3O2S/c29-24(23-20(17-30-27-23)13-18-7-3-1-4-8-18)21-15-28(14-19-9-5-2-6-10-19)16-22(21)25-26-11-12-31-25/h1-12,20-22H,13-17H2/t20-,21-,22-/m0/s1. The number of thiazole rings is 1. The number of oxime groups is 1. The lowest BCUT2D eigenvalue weighted by molar-refractivity contribution is -0.116. The number of carbonyl (C=O) groups is 1. The Bertz CT molecular complexity index is 1040. The summed E-state index contributed by atoms with van der Waals surface area (Å²) in [6.07, 6.45) is 2.60. The molecule has 2 aromatic carbocycles. The van der Waals surface area contributed by atoms with Crippen LogP contribution in [0, 0.1) is 11.8 Å². The maximum Gasteiger partial charge on any atom is 0.185 e. The van der Waals surface area contributed by atoms with Gasteiger partial charge in [0.2, 0.25) is 0 Å². The summed E-state index contributed by atoms with van der Waals surface area (Å²) in [5, 5.41) is 7.24. The zero-order valence-corrected chi connectivity index (χ0v) is 18.1. The maximum atomic E-state index is 13.7. The van der Waals surface area contributed by atoms with Crippen molar-refractivity contribution in [3.63, 3.8) is 0 Å². The maximum absolute atomic E-state index is 13.7. The van der Waals surface area contributed by atoms with Gasteiger partial charge in [0.15, 0.2) is 5.78 Å². The Kier molecular flexibility index (Phi) is 5.91. The third kappa shape index (κ3) is 4.45. The number of rotatable bonds is 7. The van der Waals surface area contributed by atoms with Crippen LogP contribution in [0.25, 0.3) is 0 Å². The van der Waals surface area contributed by atoms with Gasteiger partial charge in [0.05, 0.1) is 5.01 Å². The fourth-order valence-electron chi connectivity index (χ4n) is 4.63. The number of ketones is 1. The van der Waals surface area contributed by atoms with Crippen LogP contribution in [-0.4, -0.2) is 41.1 Å². The van der Waals surface area contributed by atoms with Crippen LogP contribution in [0.1, 0.15) is 22.1 Å². The van der Waals surface area contributed by atoms with Crippen LogP contribution in [0.4, 0.5) is 0 Å². The van der Waals surface area contributed by atoms with Crippen LogP contribution in [0.2, 0.25) is 0 Å². The zero-order valence-electron chi connectivity index (χ0n) is 17.3. The molecule has 31 heavy (non-hydrogen) atoms. The molecule has 0 N–H and O–H groups in total. The van der Waals surface area contributed by atoms with Crippen molar-refractivity contribution < 1.29 is 9.63 Å². The molecule has 6 heteroatoms. The Hall–Kier alpha value is -2.83. The van der Waals surface area contributed by atoms with Crippen LogP contribution < -0.4 is 0 Å². The highest BCUT2D eigenvalue weighted by Gasteiger charge is 2.43. The van der Waals surface area contributed by atoms with Crippen molar-refractivity contribution >= 4 is 22.8 Å². The third-order valence-corrected chi connectivity index (χ3v) is 7.06. The van der Waals surface area contributed by atoms with Crippen LogP contribution in [0.3, 0.4) is 0 Å². The van der Waals surface area contributed by atoms with Crippen molar-refractivity contribution in [2.45, 2.75) is 18.9 Å².